The molecule has 3 heteroatoms. The fourth-order valence-corrected chi connectivity index (χ4v) is 0.224. The molecule has 0 spiro atoms. The average Bonchev–Trinajstić information content (AvgIpc) is 1.35. The first-order valence-electron chi connectivity index (χ1n) is 1.43. The van der Waals surface area contributed by atoms with E-state index in [0.29, 0.717) is 0 Å². The van der Waals surface area contributed by atoms with E-state index in [9.17, 15) is 4.79 Å². The van der Waals surface area contributed by atoms with E-state index in [-0.39, 0.29) is 11.9 Å². The maximum absolute atomic E-state index is 9.74. The summed E-state index contributed by atoms with van der Waals surface area (Å²) in [6, 6.07) is 0.141. The molecule has 0 saturated heterocycles. The molecule has 1 amide bonds. The lowest BCUT2D eigenvalue weighted by Crippen LogP contribution is -2.17. The largest absolute Gasteiger partial charge is 0.343 e. The number of alkyl halides is 1. The predicted molar refractivity (Wildman–Crippen MR) is 24.2 cm³/mol. The Labute approximate surface area is 41.5 Å². The van der Waals surface area contributed by atoms with Crippen LogP contribution in [0.3, 0.4) is 0 Å². The summed E-state index contributed by atoms with van der Waals surface area (Å²) in [4.78, 5) is 9.74. The Kier molecular flexibility index (Phi) is 2.85. The summed E-state index contributed by atoms with van der Waals surface area (Å²) in [5, 5.41) is 2.22. The van der Waals surface area contributed by atoms with Crippen LogP contribution in [0.5, 0.6) is 0 Å². The van der Waals surface area contributed by atoms with Crippen LogP contribution in [-0.4, -0.2) is 11.9 Å². The molecular formula is C3H5ClNO. The van der Waals surface area contributed by atoms with Gasteiger partial charge in [0, 0.05) is 6.92 Å². The maximum Gasteiger partial charge on any atom is 0.221 e. The van der Waals surface area contributed by atoms with Crippen molar-refractivity contribution in [1.29, 1.82) is 0 Å². The summed E-state index contributed by atoms with van der Waals surface area (Å²) in [5.41, 5.74) is 0. The van der Waals surface area contributed by atoms with Crippen molar-refractivity contribution in [1.82, 2.24) is 5.32 Å². The first-order valence-corrected chi connectivity index (χ1v) is 1.96. The summed E-state index contributed by atoms with van der Waals surface area (Å²) in [6.45, 7) is 2.99. The molecule has 0 fully saturated rings. The highest BCUT2D eigenvalue weighted by Crippen LogP contribution is 1.63. The second kappa shape index (κ2) is 2.97. The number of carbonyl (C=O) groups excluding carboxylic acids is 1. The van der Waals surface area contributed by atoms with Crippen LogP contribution in [0.25, 0.3) is 0 Å². The first kappa shape index (κ1) is 5.76. The number of hydrogen-bond donors (Lipinski definition) is 1. The summed E-state index contributed by atoms with van der Waals surface area (Å²) in [5.74, 6) is -0.343. The van der Waals surface area contributed by atoms with E-state index >= 15 is 0 Å². The SMILES string of the molecule is [CH2]C(=O)NCCl. The van der Waals surface area contributed by atoms with Crippen molar-refractivity contribution in [3.8, 4) is 0 Å². The highest BCUT2D eigenvalue weighted by Gasteiger charge is 1.80. The summed E-state index contributed by atoms with van der Waals surface area (Å²) < 4.78 is 0. The highest BCUT2D eigenvalue weighted by molar-refractivity contribution is 6.18. The van der Waals surface area contributed by atoms with Gasteiger partial charge in [-0.25, -0.2) is 0 Å². The van der Waals surface area contributed by atoms with E-state index in [1.807, 2.05) is 0 Å². The van der Waals surface area contributed by atoms with E-state index in [1.54, 1.807) is 0 Å². The molecule has 0 aromatic heterocycles. The van der Waals surface area contributed by atoms with E-state index in [2.05, 4.69) is 12.2 Å². The topological polar surface area (TPSA) is 29.1 Å². The lowest BCUT2D eigenvalue weighted by molar-refractivity contribution is -0.116. The third-order valence-electron chi connectivity index (χ3n) is 0.264. The van der Waals surface area contributed by atoms with Crippen LogP contribution in [0.4, 0.5) is 0 Å². The Bertz CT molecular complexity index is 54.8. The number of carbonyl (C=O) groups is 1. The first-order chi connectivity index (χ1) is 2.77. The Balaban J connectivity index is 2.83. The van der Waals surface area contributed by atoms with Gasteiger partial charge in [0.05, 0.1) is 6.00 Å². The summed E-state index contributed by atoms with van der Waals surface area (Å²) in [7, 11) is 0. The molecule has 6 heavy (non-hydrogen) atoms. The van der Waals surface area contributed by atoms with Crippen molar-refractivity contribution in [3.05, 3.63) is 6.92 Å². The van der Waals surface area contributed by atoms with Crippen LogP contribution in [0, 0.1) is 6.92 Å². The zero-order valence-electron chi connectivity index (χ0n) is 3.20. The van der Waals surface area contributed by atoms with Crippen LogP contribution in [0.15, 0.2) is 0 Å². The Hall–Kier alpha value is -0.240. The second-order valence-electron chi connectivity index (χ2n) is 0.734. The number of halogens is 1. The number of amides is 1. The van der Waals surface area contributed by atoms with Crippen LogP contribution < -0.4 is 5.32 Å². The van der Waals surface area contributed by atoms with Gasteiger partial charge in [0.2, 0.25) is 5.91 Å². The molecule has 2 nitrogen and oxygen atoms in total. The standard InChI is InChI=1S/C3H5ClNO/c1-3(6)5-2-4/h1-2H2,(H,5,6). The van der Waals surface area contributed by atoms with Gasteiger partial charge in [-0.15, -0.1) is 11.6 Å². The molecule has 0 saturated carbocycles. The van der Waals surface area contributed by atoms with Gasteiger partial charge in [-0.3, -0.25) is 4.79 Å². The minimum atomic E-state index is -0.343. The number of rotatable bonds is 1. The van der Waals surface area contributed by atoms with E-state index in [1.165, 1.54) is 0 Å². The molecule has 1 N–H and O–H groups in total. The van der Waals surface area contributed by atoms with E-state index < -0.39 is 0 Å². The molecule has 0 aromatic rings. The van der Waals surface area contributed by atoms with Crippen LogP contribution >= 0.6 is 11.6 Å². The van der Waals surface area contributed by atoms with Crippen LogP contribution in [-0.2, 0) is 4.79 Å². The highest BCUT2D eigenvalue weighted by atomic mass is 35.5. The fourth-order valence-electron chi connectivity index (χ4n) is 0.0745. The number of hydrogen-bond acceptors (Lipinski definition) is 1. The van der Waals surface area contributed by atoms with Gasteiger partial charge in [-0.1, -0.05) is 0 Å². The Morgan fingerprint density at radius 2 is 2.50 bits per heavy atom. The predicted octanol–water partition coefficient (Wildman–Crippen LogP) is 0.133. The number of nitrogens with one attached hydrogen (secondary N) is 1. The van der Waals surface area contributed by atoms with Crippen LogP contribution in [0.2, 0.25) is 0 Å². The van der Waals surface area contributed by atoms with Gasteiger partial charge in [-0.2, -0.15) is 0 Å². The van der Waals surface area contributed by atoms with E-state index in [0.717, 1.165) is 0 Å². The third-order valence-corrected chi connectivity index (χ3v) is 0.398. The molecular weight excluding hydrogens is 101 g/mol. The molecule has 35 valence electrons. The van der Waals surface area contributed by atoms with Gasteiger partial charge in [-0.05, 0) is 0 Å². The monoisotopic (exact) mass is 106 g/mol. The zero-order chi connectivity index (χ0) is 4.99. The van der Waals surface area contributed by atoms with Crippen molar-refractivity contribution < 1.29 is 4.79 Å². The molecule has 1 radical (unpaired) electrons. The van der Waals surface area contributed by atoms with Crippen molar-refractivity contribution in [2.75, 3.05) is 6.00 Å². The summed E-state index contributed by atoms with van der Waals surface area (Å²) >= 11 is 5.02. The molecule has 0 heterocycles. The molecule has 0 aromatic carbocycles. The molecule has 0 aliphatic carbocycles. The van der Waals surface area contributed by atoms with Crippen LogP contribution in [0.1, 0.15) is 0 Å². The lowest BCUT2D eigenvalue weighted by atomic mass is 10.7. The molecule has 0 aliphatic rings. The average molecular weight is 107 g/mol. The smallest absolute Gasteiger partial charge is 0.221 e. The summed E-state index contributed by atoms with van der Waals surface area (Å²) in [6.07, 6.45) is 0. The Morgan fingerprint density at radius 1 is 2.00 bits per heavy atom. The molecule has 0 atom stereocenters. The van der Waals surface area contributed by atoms with E-state index in [4.69, 9.17) is 11.6 Å². The maximum atomic E-state index is 9.74. The van der Waals surface area contributed by atoms with Gasteiger partial charge < -0.3 is 5.32 Å². The Morgan fingerprint density at radius 3 is 2.50 bits per heavy atom. The lowest BCUT2D eigenvalue weighted by Gasteiger charge is -1.86. The minimum Gasteiger partial charge on any atom is -0.343 e. The third kappa shape index (κ3) is 3.76. The van der Waals surface area contributed by atoms with Gasteiger partial charge in [0.1, 0.15) is 0 Å². The second-order valence-corrected chi connectivity index (χ2v) is 1.00. The molecule has 0 bridgehead atoms. The zero-order valence-corrected chi connectivity index (χ0v) is 3.96. The normalized spacial score (nSPS) is 7.67. The van der Waals surface area contributed by atoms with Gasteiger partial charge in [0.25, 0.3) is 0 Å². The molecule has 0 aliphatic heterocycles. The van der Waals surface area contributed by atoms with Crippen molar-refractivity contribution in [2.24, 2.45) is 0 Å². The molecule has 0 unspecified atom stereocenters. The minimum absolute atomic E-state index is 0.141. The fraction of sp³-hybridized carbons (Fsp3) is 0.333. The van der Waals surface area contributed by atoms with Crippen molar-refractivity contribution in [3.63, 3.8) is 0 Å². The van der Waals surface area contributed by atoms with Crippen molar-refractivity contribution >= 4 is 17.5 Å². The van der Waals surface area contributed by atoms with Gasteiger partial charge >= 0.3 is 0 Å². The molecule has 0 rings (SSSR count). The van der Waals surface area contributed by atoms with Gasteiger partial charge in [0.15, 0.2) is 0 Å². The quantitative estimate of drug-likeness (QED) is 0.374. The van der Waals surface area contributed by atoms with Crippen molar-refractivity contribution in [2.45, 2.75) is 0 Å².